The number of pyridine rings is 1. The third-order valence-corrected chi connectivity index (χ3v) is 6.10. The zero-order chi connectivity index (χ0) is 19.2. The van der Waals surface area contributed by atoms with Crippen LogP contribution < -0.4 is 0 Å². The molecule has 1 aromatic rings. The Balaban J connectivity index is 1.26. The molecule has 3 aliphatic heterocycles. The molecule has 1 amide bonds. The molecule has 4 heterocycles. The van der Waals surface area contributed by atoms with E-state index in [4.69, 9.17) is 14.2 Å². The van der Waals surface area contributed by atoms with Crippen molar-refractivity contribution in [1.29, 1.82) is 0 Å². The Bertz CT molecular complexity index is 628. The van der Waals surface area contributed by atoms with Gasteiger partial charge in [-0.2, -0.15) is 0 Å². The Kier molecular flexibility index (Phi) is 6.57. The quantitative estimate of drug-likeness (QED) is 0.760. The molecule has 4 rings (SSSR count). The van der Waals surface area contributed by atoms with E-state index in [0.717, 1.165) is 45.4 Å². The molecule has 154 valence electrons. The highest BCUT2D eigenvalue weighted by molar-refractivity contribution is 5.77. The molecule has 1 aromatic heterocycles. The molecule has 28 heavy (non-hydrogen) atoms. The average molecular weight is 389 g/mol. The first-order chi connectivity index (χ1) is 13.7. The van der Waals surface area contributed by atoms with Gasteiger partial charge in [0.15, 0.2) is 0 Å². The van der Waals surface area contributed by atoms with Crippen LogP contribution in [0.5, 0.6) is 0 Å². The van der Waals surface area contributed by atoms with Crippen LogP contribution in [-0.4, -0.2) is 85.0 Å². The second kappa shape index (κ2) is 9.31. The average Bonchev–Trinajstić information content (AvgIpc) is 2.88. The summed E-state index contributed by atoms with van der Waals surface area (Å²) in [5.41, 5.74) is 0.943. The van der Waals surface area contributed by atoms with Crippen LogP contribution in [0.25, 0.3) is 0 Å². The summed E-state index contributed by atoms with van der Waals surface area (Å²) in [4.78, 5) is 21.5. The zero-order valence-electron chi connectivity index (χ0n) is 16.6. The van der Waals surface area contributed by atoms with Crippen LogP contribution in [0.15, 0.2) is 24.5 Å². The molecular formula is C21H31N3O4. The summed E-state index contributed by atoms with van der Waals surface area (Å²) in [5, 5.41) is 0. The second-order valence-corrected chi connectivity index (χ2v) is 8.08. The lowest BCUT2D eigenvalue weighted by atomic mass is 9.87. The van der Waals surface area contributed by atoms with Gasteiger partial charge < -0.3 is 19.1 Å². The molecule has 0 aliphatic carbocycles. The van der Waals surface area contributed by atoms with Gasteiger partial charge in [0.1, 0.15) is 0 Å². The van der Waals surface area contributed by atoms with Crippen molar-refractivity contribution in [2.24, 2.45) is 0 Å². The number of carbonyl (C=O) groups excluding carboxylic acids is 1. The largest absolute Gasteiger partial charge is 0.376 e. The van der Waals surface area contributed by atoms with E-state index >= 15 is 0 Å². The first-order valence-corrected chi connectivity index (χ1v) is 10.4. The van der Waals surface area contributed by atoms with Gasteiger partial charge in [0, 0.05) is 45.1 Å². The molecule has 3 aliphatic rings. The van der Waals surface area contributed by atoms with Crippen molar-refractivity contribution in [2.75, 3.05) is 52.6 Å². The molecule has 0 bridgehead atoms. The second-order valence-electron chi connectivity index (χ2n) is 8.08. The van der Waals surface area contributed by atoms with Gasteiger partial charge in [-0.15, -0.1) is 0 Å². The number of piperidine rings is 1. The minimum absolute atomic E-state index is 0.107. The number of nitrogens with zero attached hydrogens (tertiary/aromatic N) is 3. The monoisotopic (exact) mass is 389 g/mol. The molecule has 0 saturated carbocycles. The van der Waals surface area contributed by atoms with Gasteiger partial charge in [0.25, 0.3) is 0 Å². The van der Waals surface area contributed by atoms with E-state index < -0.39 is 0 Å². The van der Waals surface area contributed by atoms with Crippen molar-refractivity contribution in [2.45, 2.75) is 43.9 Å². The number of hydrogen-bond donors (Lipinski definition) is 0. The van der Waals surface area contributed by atoms with Gasteiger partial charge in [0.05, 0.1) is 44.6 Å². The molecule has 7 heteroatoms. The van der Waals surface area contributed by atoms with Gasteiger partial charge in [-0.05, 0) is 30.9 Å². The lowest BCUT2D eigenvalue weighted by Crippen LogP contribution is -2.47. The van der Waals surface area contributed by atoms with E-state index in [1.54, 1.807) is 6.20 Å². The topological polar surface area (TPSA) is 64.1 Å². The van der Waals surface area contributed by atoms with Crippen molar-refractivity contribution in [3.63, 3.8) is 0 Å². The molecule has 0 radical (unpaired) electrons. The number of hydrogen-bond acceptors (Lipinski definition) is 6. The summed E-state index contributed by atoms with van der Waals surface area (Å²) >= 11 is 0. The number of ether oxygens (including phenoxy) is 3. The maximum absolute atomic E-state index is 12.9. The Morgan fingerprint density at radius 2 is 2.07 bits per heavy atom. The molecule has 1 spiro atoms. The van der Waals surface area contributed by atoms with Crippen LogP contribution in [0.1, 0.15) is 31.2 Å². The predicted molar refractivity (Wildman–Crippen MR) is 104 cm³/mol. The summed E-state index contributed by atoms with van der Waals surface area (Å²) in [6.45, 7) is 6.80. The Morgan fingerprint density at radius 3 is 2.82 bits per heavy atom. The number of amides is 1. The Morgan fingerprint density at radius 1 is 1.18 bits per heavy atom. The third kappa shape index (κ3) is 5.08. The van der Waals surface area contributed by atoms with Gasteiger partial charge in [-0.3, -0.25) is 14.7 Å². The fourth-order valence-electron chi connectivity index (χ4n) is 4.36. The molecule has 1 atom stereocenters. The van der Waals surface area contributed by atoms with E-state index in [1.807, 2.05) is 17.2 Å². The maximum Gasteiger partial charge on any atom is 0.225 e. The maximum atomic E-state index is 12.9. The minimum atomic E-state index is -0.290. The molecular weight excluding hydrogens is 358 g/mol. The number of likely N-dealkylation sites (tertiary alicyclic amines) is 1. The van der Waals surface area contributed by atoms with Crippen molar-refractivity contribution in [3.05, 3.63) is 30.1 Å². The summed E-state index contributed by atoms with van der Waals surface area (Å²) in [5.74, 6) is 0.218. The highest BCUT2D eigenvalue weighted by Crippen LogP contribution is 2.33. The fourth-order valence-corrected chi connectivity index (χ4v) is 4.36. The Hall–Kier alpha value is -1.54. The fraction of sp³-hybridized carbons (Fsp3) is 0.714. The van der Waals surface area contributed by atoms with E-state index in [2.05, 4.69) is 16.0 Å². The van der Waals surface area contributed by atoms with Crippen LogP contribution in [0.2, 0.25) is 0 Å². The van der Waals surface area contributed by atoms with E-state index in [1.165, 1.54) is 5.56 Å². The first-order valence-electron chi connectivity index (χ1n) is 10.4. The summed E-state index contributed by atoms with van der Waals surface area (Å²) in [6, 6.07) is 4.09. The van der Waals surface area contributed by atoms with E-state index in [0.29, 0.717) is 39.4 Å². The SMILES string of the molecule is O=C1CC2(CCN(Cc3cccnc3)CC2)OCCN1CCC1COCCO1. The van der Waals surface area contributed by atoms with Gasteiger partial charge >= 0.3 is 0 Å². The normalized spacial score (nSPS) is 26.4. The minimum Gasteiger partial charge on any atom is -0.376 e. The number of aromatic nitrogens is 1. The molecule has 1 unspecified atom stereocenters. The summed E-state index contributed by atoms with van der Waals surface area (Å²) in [7, 11) is 0. The number of rotatable bonds is 5. The van der Waals surface area contributed by atoms with Crippen molar-refractivity contribution >= 4 is 5.91 Å². The van der Waals surface area contributed by atoms with Crippen LogP contribution in [0, 0.1) is 0 Å². The van der Waals surface area contributed by atoms with Gasteiger partial charge in [0.2, 0.25) is 5.91 Å². The third-order valence-electron chi connectivity index (χ3n) is 6.10. The van der Waals surface area contributed by atoms with Crippen molar-refractivity contribution in [3.8, 4) is 0 Å². The highest BCUT2D eigenvalue weighted by Gasteiger charge is 2.40. The lowest BCUT2D eigenvalue weighted by Gasteiger charge is -2.40. The summed E-state index contributed by atoms with van der Waals surface area (Å²) < 4.78 is 17.4. The predicted octanol–water partition coefficient (Wildman–Crippen LogP) is 1.47. The molecule has 0 N–H and O–H groups in total. The first kappa shape index (κ1) is 19.8. The molecule has 3 saturated heterocycles. The molecule has 7 nitrogen and oxygen atoms in total. The van der Waals surface area contributed by atoms with Crippen molar-refractivity contribution < 1.29 is 19.0 Å². The summed E-state index contributed by atoms with van der Waals surface area (Å²) in [6.07, 6.45) is 6.98. The van der Waals surface area contributed by atoms with Gasteiger partial charge in [-0.25, -0.2) is 0 Å². The van der Waals surface area contributed by atoms with Crippen LogP contribution in [-0.2, 0) is 25.5 Å². The van der Waals surface area contributed by atoms with Crippen molar-refractivity contribution in [1.82, 2.24) is 14.8 Å². The molecule has 3 fully saturated rings. The Labute approximate surface area is 166 Å². The van der Waals surface area contributed by atoms with Gasteiger partial charge in [-0.1, -0.05) is 6.07 Å². The highest BCUT2D eigenvalue weighted by atomic mass is 16.6. The smallest absolute Gasteiger partial charge is 0.225 e. The molecule has 0 aromatic carbocycles. The lowest BCUT2D eigenvalue weighted by molar-refractivity contribution is -0.136. The zero-order valence-corrected chi connectivity index (χ0v) is 16.6. The van der Waals surface area contributed by atoms with E-state index in [9.17, 15) is 4.79 Å². The standard InChI is InChI=1S/C21H31N3O4/c25-20-14-21(4-8-23(9-5-21)16-18-2-1-6-22-15-18)28-11-10-24(20)7-3-19-17-26-12-13-27-19/h1-2,6,15,19H,3-5,7-14,16-17H2. The van der Waals surface area contributed by atoms with Crippen LogP contribution in [0.4, 0.5) is 0 Å². The van der Waals surface area contributed by atoms with Crippen LogP contribution >= 0.6 is 0 Å². The number of carbonyl (C=O) groups is 1. The van der Waals surface area contributed by atoms with Crippen LogP contribution in [0.3, 0.4) is 0 Å². The van der Waals surface area contributed by atoms with E-state index in [-0.39, 0.29) is 17.6 Å².